The van der Waals surface area contributed by atoms with Gasteiger partial charge in [-0.05, 0) is 45.0 Å². The number of fused-ring (bicyclic) bond motifs is 2. The zero-order valence-electron chi connectivity index (χ0n) is 23.6. The van der Waals surface area contributed by atoms with E-state index in [9.17, 15) is 9.59 Å². The summed E-state index contributed by atoms with van der Waals surface area (Å²) in [6.07, 6.45) is 0. The van der Waals surface area contributed by atoms with E-state index in [1.54, 1.807) is 6.92 Å². The Morgan fingerprint density at radius 2 is 1.23 bits per heavy atom. The average Bonchev–Trinajstić information content (AvgIpc) is 3.77. The Morgan fingerprint density at radius 3 is 1.74 bits per heavy atom. The van der Waals surface area contributed by atoms with Gasteiger partial charge in [0.15, 0.2) is 26.3 Å². The molecule has 14 heteroatoms. The van der Waals surface area contributed by atoms with E-state index in [0.29, 0.717) is 41.7 Å². The van der Waals surface area contributed by atoms with Crippen molar-refractivity contribution in [3.8, 4) is 0 Å². The quantitative estimate of drug-likeness (QED) is 0.107. The molecule has 4 aromatic heterocycles. The van der Waals surface area contributed by atoms with E-state index in [0.717, 1.165) is 20.4 Å². The highest BCUT2D eigenvalue weighted by molar-refractivity contribution is 7.23. The number of para-hydroxylation sites is 2. The summed E-state index contributed by atoms with van der Waals surface area (Å²) in [4.78, 5) is 46.2. The first kappa shape index (κ1) is 29.3. The summed E-state index contributed by atoms with van der Waals surface area (Å²) in [5.74, 6) is -0.714. The molecule has 0 aliphatic carbocycles. The molecule has 10 nitrogen and oxygen atoms in total. The van der Waals surface area contributed by atoms with Gasteiger partial charge in [-0.2, -0.15) is 0 Å². The van der Waals surface area contributed by atoms with Crippen molar-refractivity contribution in [1.29, 1.82) is 0 Å². The minimum atomic E-state index is -0.963. The van der Waals surface area contributed by atoms with Crippen LogP contribution in [0.5, 0.6) is 0 Å². The van der Waals surface area contributed by atoms with Crippen LogP contribution in [0.15, 0.2) is 48.5 Å². The van der Waals surface area contributed by atoms with Gasteiger partial charge in [-0.1, -0.05) is 69.6 Å². The molecule has 0 saturated carbocycles. The molecule has 0 radical (unpaired) electrons. The van der Waals surface area contributed by atoms with Crippen LogP contribution in [-0.2, 0) is 14.9 Å². The van der Waals surface area contributed by atoms with E-state index in [1.807, 2.05) is 62.4 Å². The van der Waals surface area contributed by atoms with Crippen LogP contribution in [0.2, 0.25) is 0 Å². The number of benzene rings is 2. The van der Waals surface area contributed by atoms with Gasteiger partial charge in [0.05, 0.1) is 48.7 Å². The van der Waals surface area contributed by atoms with E-state index < -0.39 is 11.4 Å². The van der Waals surface area contributed by atoms with Crippen molar-refractivity contribution >= 4 is 98.1 Å². The van der Waals surface area contributed by atoms with E-state index in [4.69, 9.17) is 19.4 Å². The Hall–Kier alpha value is -3.82. The molecular weight excluding hydrogens is 625 g/mol. The second kappa shape index (κ2) is 12.1. The molecule has 0 atom stereocenters. The third kappa shape index (κ3) is 5.88. The number of hydrogen-bond donors (Lipinski definition) is 2. The molecule has 6 rings (SSSR count). The molecule has 0 unspecified atom stereocenters. The summed E-state index contributed by atoms with van der Waals surface area (Å²) in [6, 6.07) is 15.7. The van der Waals surface area contributed by atoms with Crippen molar-refractivity contribution in [3.05, 3.63) is 69.7 Å². The van der Waals surface area contributed by atoms with Crippen molar-refractivity contribution in [2.24, 2.45) is 0 Å². The maximum Gasteiger partial charge on any atom is 0.350 e. The third-order valence-corrected chi connectivity index (χ3v) is 10.3. The monoisotopic (exact) mass is 650 g/mol. The van der Waals surface area contributed by atoms with E-state index in [2.05, 4.69) is 20.6 Å². The van der Waals surface area contributed by atoms with Crippen molar-refractivity contribution in [1.82, 2.24) is 19.9 Å². The van der Waals surface area contributed by atoms with Crippen LogP contribution < -0.4 is 10.6 Å². The number of carbonyl (C=O) groups excluding carboxylic acids is 2. The maximum absolute atomic E-state index is 13.3. The lowest BCUT2D eigenvalue weighted by Crippen LogP contribution is -2.26. The lowest BCUT2D eigenvalue weighted by molar-refractivity contribution is 0.0529. The Labute approximate surface area is 262 Å². The number of Topliss-reactive ketones (excluding diaryl/α,β-unsaturated/α-hetero) is 1. The number of ketones is 1. The smallest absolute Gasteiger partial charge is 0.350 e. The molecule has 0 bridgehead atoms. The number of aromatic nitrogens is 4. The van der Waals surface area contributed by atoms with Crippen LogP contribution in [0.25, 0.3) is 20.4 Å². The Kier molecular flexibility index (Phi) is 8.20. The van der Waals surface area contributed by atoms with Gasteiger partial charge in [0.1, 0.15) is 11.5 Å². The summed E-state index contributed by atoms with van der Waals surface area (Å²) < 4.78 is 12.7. The molecule has 0 spiro atoms. The largest absolute Gasteiger partial charge is 0.462 e. The van der Waals surface area contributed by atoms with E-state index in [1.165, 1.54) is 52.5 Å². The number of thiazole rings is 4. The highest BCUT2D eigenvalue weighted by Gasteiger charge is 2.39. The first-order valence-corrected chi connectivity index (χ1v) is 16.5. The predicted octanol–water partition coefficient (Wildman–Crippen LogP) is 7.64. The van der Waals surface area contributed by atoms with Gasteiger partial charge in [-0.3, -0.25) is 4.79 Å². The fourth-order valence-electron chi connectivity index (χ4n) is 4.46. The number of ether oxygens (including phenoxy) is 2. The van der Waals surface area contributed by atoms with Crippen LogP contribution in [-0.4, -0.2) is 52.0 Å². The molecule has 0 fully saturated rings. The van der Waals surface area contributed by atoms with Crippen LogP contribution in [0.4, 0.5) is 20.5 Å². The molecule has 0 saturated heterocycles. The lowest BCUT2D eigenvalue weighted by atomic mass is 9.83. The number of nitrogens with one attached hydrogen (secondary N) is 2. The standard InChI is InChI=1S/C29H26N6O4S4/c1-5-39-24(37)21-23(33-28(43-21)35-26-31-16-11-7-9-13-19(16)41-26)29(2,3)22-20(17(36)14-38-4)42-27(32-22)34-25-30-15-10-6-8-12-18(15)40-25/h6-13H,5,14H2,1-4H3,(H,30,32,34)(H,31,33,35). The molecular formula is C29H26N6O4S4. The molecule has 2 aromatic carbocycles. The summed E-state index contributed by atoms with van der Waals surface area (Å²) >= 11 is 5.39. The molecule has 0 aliphatic rings. The van der Waals surface area contributed by atoms with Gasteiger partial charge >= 0.3 is 5.97 Å². The Morgan fingerprint density at radius 1 is 0.744 bits per heavy atom. The van der Waals surface area contributed by atoms with Crippen LogP contribution in [0.1, 0.15) is 51.5 Å². The zero-order chi connectivity index (χ0) is 30.1. The number of methoxy groups -OCH3 is 1. The predicted molar refractivity (Wildman–Crippen MR) is 174 cm³/mol. The van der Waals surface area contributed by atoms with Crippen LogP contribution in [0.3, 0.4) is 0 Å². The Balaban J connectivity index is 1.40. The molecule has 220 valence electrons. The highest BCUT2D eigenvalue weighted by Crippen LogP contribution is 2.43. The number of anilines is 4. The molecule has 2 N–H and O–H groups in total. The highest BCUT2D eigenvalue weighted by atomic mass is 32.1. The normalized spacial score (nSPS) is 11.7. The minimum absolute atomic E-state index is 0.113. The van der Waals surface area contributed by atoms with Gasteiger partial charge < -0.3 is 20.1 Å². The summed E-state index contributed by atoms with van der Waals surface area (Å²) in [6.45, 7) is 5.64. The minimum Gasteiger partial charge on any atom is -0.462 e. The van der Waals surface area contributed by atoms with E-state index >= 15 is 0 Å². The third-order valence-electron chi connectivity index (χ3n) is 6.44. The number of carbonyl (C=O) groups is 2. The summed E-state index contributed by atoms with van der Waals surface area (Å²) in [5, 5.41) is 8.84. The zero-order valence-corrected chi connectivity index (χ0v) is 26.9. The Bertz CT molecular complexity index is 1750. The van der Waals surface area contributed by atoms with E-state index in [-0.39, 0.29) is 19.0 Å². The number of esters is 1. The number of rotatable bonds is 11. The molecule has 0 amide bonds. The summed E-state index contributed by atoms with van der Waals surface area (Å²) in [7, 11) is 1.48. The first-order chi connectivity index (χ1) is 20.8. The second-order valence-corrected chi connectivity index (χ2v) is 13.9. The fraction of sp³-hybridized carbons (Fsp3) is 0.241. The van der Waals surface area contributed by atoms with Gasteiger partial charge in [0, 0.05) is 7.11 Å². The maximum atomic E-state index is 13.3. The topological polar surface area (TPSA) is 128 Å². The van der Waals surface area contributed by atoms with Crippen molar-refractivity contribution in [2.75, 3.05) is 31.0 Å². The molecule has 43 heavy (non-hydrogen) atoms. The molecule has 4 heterocycles. The van der Waals surface area contributed by atoms with Crippen LogP contribution >= 0.6 is 45.3 Å². The molecule has 0 aliphatic heterocycles. The van der Waals surface area contributed by atoms with Gasteiger partial charge in [0.25, 0.3) is 0 Å². The summed E-state index contributed by atoms with van der Waals surface area (Å²) in [5.41, 5.74) is 1.70. The number of hydrogen-bond acceptors (Lipinski definition) is 14. The van der Waals surface area contributed by atoms with Crippen LogP contribution in [0, 0.1) is 0 Å². The SMILES string of the molecule is CCOC(=O)c1sc(Nc2nc3ccccc3s2)nc1C(C)(C)c1nc(Nc2nc3ccccc3s2)sc1C(=O)COC. The fourth-order valence-corrected chi connectivity index (χ4v) is 8.39. The van der Waals surface area contributed by atoms with Gasteiger partial charge in [-0.25, -0.2) is 24.7 Å². The van der Waals surface area contributed by atoms with Gasteiger partial charge in [-0.15, -0.1) is 0 Å². The van der Waals surface area contributed by atoms with Gasteiger partial charge in [0.2, 0.25) is 0 Å². The second-order valence-electron chi connectivity index (χ2n) is 9.82. The van der Waals surface area contributed by atoms with Crippen molar-refractivity contribution < 1.29 is 19.1 Å². The first-order valence-electron chi connectivity index (χ1n) is 13.2. The number of nitrogens with zero attached hydrogens (tertiary/aromatic N) is 4. The van der Waals surface area contributed by atoms with Crippen molar-refractivity contribution in [3.63, 3.8) is 0 Å². The average molecular weight is 651 g/mol. The van der Waals surface area contributed by atoms with Crippen molar-refractivity contribution in [2.45, 2.75) is 26.2 Å². The lowest BCUT2D eigenvalue weighted by Gasteiger charge is -2.23. The molecule has 6 aromatic rings.